The maximum atomic E-state index is 13.7. The Kier molecular flexibility index (Phi) is 13.7. The molecule has 4 aromatic rings. The third-order valence-electron chi connectivity index (χ3n) is 8.47. The number of amides is 3. The van der Waals surface area contributed by atoms with E-state index in [9.17, 15) is 14.4 Å². The van der Waals surface area contributed by atoms with Crippen LogP contribution in [0.1, 0.15) is 47.1 Å². The fourth-order valence-corrected chi connectivity index (χ4v) is 5.78. The number of hydrogen-bond donors (Lipinski definition) is 2. The molecule has 4 aromatic carbocycles. The molecule has 50 heavy (non-hydrogen) atoms. The van der Waals surface area contributed by atoms with Crippen molar-refractivity contribution >= 4 is 23.7 Å². The average Bonchev–Trinajstić information content (AvgIpc) is 3.15. The molecule has 0 saturated carbocycles. The van der Waals surface area contributed by atoms with Gasteiger partial charge in [-0.2, -0.15) is 4.99 Å². The minimum Gasteiger partial charge on any atom is -0.443 e. The molecule has 3 N–H and O–H groups in total. The van der Waals surface area contributed by atoms with E-state index in [-0.39, 0.29) is 37.2 Å². The summed E-state index contributed by atoms with van der Waals surface area (Å²) in [5, 5.41) is 6.82. The summed E-state index contributed by atoms with van der Waals surface area (Å²) in [6.07, 6.45) is 1.95. The summed E-state index contributed by atoms with van der Waals surface area (Å²) >= 11 is 0. The number of hydrazine groups is 1. The number of nitrogens with two attached hydrogens (primary N) is 1. The third-order valence-corrected chi connectivity index (χ3v) is 8.47. The van der Waals surface area contributed by atoms with Crippen LogP contribution < -0.4 is 11.1 Å². The summed E-state index contributed by atoms with van der Waals surface area (Å²) in [5.74, 6) is -0.436. The van der Waals surface area contributed by atoms with Crippen molar-refractivity contribution < 1.29 is 23.9 Å². The van der Waals surface area contributed by atoms with Crippen molar-refractivity contribution in [2.45, 2.75) is 51.4 Å². The first kappa shape index (κ1) is 36.0. The molecular formula is C40H45N5O5. The van der Waals surface area contributed by atoms with E-state index >= 15 is 0 Å². The van der Waals surface area contributed by atoms with Crippen molar-refractivity contribution in [3.63, 3.8) is 0 Å². The molecule has 1 atom stereocenters. The zero-order valence-corrected chi connectivity index (χ0v) is 28.3. The molecule has 0 spiro atoms. The molecular weight excluding hydrogens is 630 g/mol. The predicted molar refractivity (Wildman–Crippen MR) is 193 cm³/mol. The highest BCUT2D eigenvalue weighted by molar-refractivity contribution is 6.02. The standard InChI is InChI=1S/C40H45N5O5/c41-38(43-40(48)50-30-34-16-8-3-9-17-34)35-22-20-33(21-23-35)29-42-37(46)28-36-39(47)45(26-27-49-36)44(24-10-18-31-12-4-1-5-13-31)25-11-19-32-14-6-2-7-15-32/h1-9,12-17,20-23,36H,10-11,18-19,24-30H2,(H,42,46)(H2,41,43,48)/t36-/m1/s1. The number of hydrogen-bond acceptors (Lipinski definition) is 6. The van der Waals surface area contributed by atoms with Gasteiger partial charge in [-0.3, -0.25) is 14.6 Å². The molecule has 0 bridgehead atoms. The number of rotatable bonds is 16. The molecule has 10 nitrogen and oxygen atoms in total. The second-order valence-corrected chi connectivity index (χ2v) is 12.2. The van der Waals surface area contributed by atoms with Gasteiger partial charge >= 0.3 is 6.09 Å². The van der Waals surface area contributed by atoms with Crippen molar-refractivity contribution in [3.8, 4) is 0 Å². The Morgan fingerprint density at radius 2 is 1.36 bits per heavy atom. The van der Waals surface area contributed by atoms with Crippen LogP contribution in [-0.2, 0) is 45.1 Å². The molecule has 1 aliphatic rings. The second-order valence-electron chi connectivity index (χ2n) is 12.2. The highest BCUT2D eigenvalue weighted by Crippen LogP contribution is 2.17. The van der Waals surface area contributed by atoms with E-state index in [1.54, 1.807) is 29.3 Å². The molecule has 1 fully saturated rings. The van der Waals surface area contributed by atoms with Crippen LogP contribution >= 0.6 is 0 Å². The van der Waals surface area contributed by atoms with E-state index in [4.69, 9.17) is 15.2 Å². The highest BCUT2D eigenvalue weighted by atomic mass is 16.5. The van der Waals surface area contributed by atoms with Crippen LogP contribution in [0.25, 0.3) is 0 Å². The maximum Gasteiger partial charge on any atom is 0.435 e. The summed E-state index contributed by atoms with van der Waals surface area (Å²) in [4.78, 5) is 42.6. The molecule has 10 heteroatoms. The third kappa shape index (κ3) is 11.4. The summed E-state index contributed by atoms with van der Waals surface area (Å²) in [6.45, 7) is 2.64. The molecule has 260 valence electrons. The van der Waals surface area contributed by atoms with Crippen LogP contribution in [-0.4, -0.2) is 66.1 Å². The number of amidine groups is 1. The monoisotopic (exact) mass is 675 g/mol. The van der Waals surface area contributed by atoms with Gasteiger partial charge in [-0.15, -0.1) is 0 Å². The van der Waals surface area contributed by atoms with Crippen LogP contribution in [0.2, 0.25) is 0 Å². The van der Waals surface area contributed by atoms with Gasteiger partial charge in [0.15, 0.2) is 0 Å². The largest absolute Gasteiger partial charge is 0.443 e. The number of ether oxygens (including phenoxy) is 2. The predicted octanol–water partition coefficient (Wildman–Crippen LogP) is 5.45. The first-order valence-corrected chi connectivity index (χ1v) is 17.1. The van der Waals surface area contributed by atoms with Gasteiger partial charge in [-0.25, -0.2) is 9.80 Å². The Balaban J connectivity index is 1.10. The van der Waals surface area contributed by atoms with Crippen LogP contribution in [0.5, 0.6) is 0 Å². The first-order valence-electron chi connectivity index (χ1n) is 17.1. The lowest BCUT2D eigenvalue weighted by molar-refractivity contribution is -0.178. The number of nitrogens with one attached hydrogen (secondary N) is 1. The average molecular weight is 676 g/mol. The fourth-order valence-electron chi connectivity index (χ4n) is 5.78. The number of aryl methyl sites for hydroxylation is 2. The number of aliphatic imine (C=N–C) groups is 1. The number of benzene rings is 4. The molecule has 1 heterocycles. The fraction of sp³-hybridized carbons (Fsp3) is 0.300. The molecule has 1 saturated heterocycles. The summed E-state index contributed by atoms with van der Waals surface area (Å²) in [6, 6.07) is 37.0. The second kappa shape index (κ2) is 19.0. The van der Waals surface area contributed by atoms with Gasteiger partial charge in [-0.05, 0) is 47.9 Å². The smallest absolute Gasteiger partial charge is 0.435 e. The topological polar surface area (TPSA) is 127 Å². The van der Waals surface area contributed by atoms with Crippen molar-refractivity contribution in [3.05, 3.63) is 143 Å². The van der Waals surface area contributed by atoms with Crippen molar-refractivity contribution in [2.24, 2.45) is 10.7 Å². The Bertz CT molecular complexity index is 1640. The molecule has 0 aromatic heterocycles. The van der Waals surface area contributed by atoms with E-state index in [1.807, 2.05) is 66.7 Å². The Morgan fingerprint density at radius 3 is 1.94 bits per heavy atom. The number of carbonyl (C=O) groups excluding carboxylic acids is 3. The number of carbonyl (C=O) groups is 3. The number of morpholine rings is 1. The van der Waals surface area contributed by atoms with Crippen LogP contribution in [0.15, 0.2) is 120 Å². The molecule has 0 unspecified atom stereocenters. The van der Waals surface area contributed by atoms with E-state index in [0.717, 1.165) is 49.9 Å². The molecule has 5 rings (SSSR count). The SMILES string of the molecule is N/C(=N\C(=O)OCc1ccccc1)c1ccc(CNC(=O)C[C@H]2OCCN(N(CCCc3ccccc3)CCCc3ccccc3)C2=O)cc1. The van der Waals surface area contributed by atoms with Gasteiger partial charge < -0.3 is 20.5 Å². The van der Waals surface area contributed by atoms with E-state index in [1.165, 1.54) is 11.1 Å². The van der Waals surface area contributed by atoms with Crippen molar-refractivity contribution in [1.29, 1.82) is 0 Å². The summed E-state index contributed by atoms with van der Waals surface area (Å²) in [5.41, 5.74) is 10.8. The van der Waals surface area contributed by atoms with Gasteiger partial charge in [0.25, 0.3) is 5.91 Å². The van der Waals surface area contributed by atoms with Crippen LogP contribution in [0.3, 0.4) is 0 Å². The van der Waals surface area contributed by atoms with Crippen LogP contribution in [0.4, 0.5) is 4.79 Å². The molecule has 3 amide bonds. The lowest BCUT2D eigenvalue weighted by Gasteiger charge is -2.40. The molecule has 0 aliphatic carbocycles. The quantitative estimate of drug-likeness (QED) is 0.120. The molecule has 1 aliphatic heterocycles. The molecule has 0 radical (unpaired) electrons. The summed E-state index contributed by atoms with van der Waals surface area (Å²) < 4.78 is 11.0. The Hall–Kier alpha value is -5.32. The van der Waals surface area contributed by atoms with Crippen molar-refractivity contribution in [2.75, 3.05) is 26.2 Å². The lowest BCUT2D eigenvalue weighted by Crippen LogP contribution is -2.57. The normalized spacial score (nSPS) is 14.8. The van der Waals surface area contributed by atoms with Gasteiger partial charge in [0.2, 0.25) is 5.91 Å². The van der Waals surface area contributed by atoms with Gasteiger partial charge in [-0.1, -0.05) is 115 Å². The number of nitrogens with zero attached hydrogens (tertiary/aromatic N) is 3. The van der Waals surface area contributed by atoms with Gasteiger partial charge in [0.1, 0.15) is 18.5 Å². The van der Waals surface area contributed by atoms with Gasteiger partial charge in [0, 0.05) is 25.2 Å². The van der Waals surface area contributed by atoms with Gasteiger partial charge in [0.05, 0.1) is 19.6 Å². The Morgan fingerprint density at radius 1 is 0.800 bits per heavy atom. The Labute approximate surface area is 293 Å². The zero-order valence-electron chi connectivity index (χ0n) is 28.3. The highest BCUT2D eigenvalue weighted by Gasteiger charge is 2.34. The van der Waals surface area contributed by atoms with Crippen molar-refractivity contribution in [1.82, 2.24) is 15.3 Å². The zero-order chi connectivity index (χ0) is 35.0. The van der Waals surface area contributed by atoms with E-state index in [2.05, 4.69) is 39.6 Å². The minimum absolute atomic E-state index is 0.0327. The lowest BCUT2D eigenvalue weighted by atomic mass is 10.1. The summed E-state index contributed by atoms with van der Waals surface area (Å²) in [7, 11) is 0. The first-order chi connectivity index (χ1) is 24.4. The van der Waals surface area contributed by atoms with E-state index < -0.39 is 12.2 Å². The maximum absolute atomic E-state index is 13.7. The minimum atomic E-state index is -0.852. The van der Waals surface area contributed by atoms with Crippen LogP contribution in [0, 0.1) is 0 Å². The van der Waals surface area contributed by atoms with E-state index in [0.29, 0.717) is 18.7 Å².